The lowest BCUT2D eigenvalue weighted by Gasteiger charge is -2.38. The van der Waals surface area contributed by atoms with Crippen LogP contribution in [-0.2, 0) is 22.4 Å². The van der Waals surface area contributed by atoms with Crippen molar-refractivity contribution in [3.05, 3.63) is 16.0 Å². The van der Waals surface area contributed by atoms with Gasteiger partial charge in [-0.1, -0.05) is 80.1 Å². The van der Waals surface area contributed by atoms with E-state index in [1.807, 2.05) is 41.5 Å². The summed E-state index contributed by atoms with van der Waals surface area (Å²) in [6.07, 6.45) is 13.5. The molecule has 1 saturated carbocycles. The summed E-state index contributed by atoms with van der Waals surface area (Å²) in [7, 11) is 0. The number of aliphatic hydroxyl groups excluding tert-OH is 1. The Morgan fingerprint density at radius 1 is 1.17 bits per heavy atom. The molecule has 2 amide bonds. The Bertz CT molecular complexity index is 811. The van der Waals surface area contributed by atoms with E-state index < -0.39 is 0 Å². The van der Waals surface area contributed by atoms with E-state index in [1.165, 1.54) is 49.9 Å². The smallest absolute Gasteiger partial charge is 0.228 e. The molecule has 3 rings (SSSR count). The average Bonchev–Trinajstić information content (AvgIpc) is 3.26. The molecule has 0 aliphatic heterocycles. The van der Waals surface area contributed by atoms with Gasteiger partial charge in [0.05, 0.1) is 18.2 Å². The molecule has 1 aromatic rings. The molecule has 36 heavy (non-hydrogen) atoms. The summed E-state index contributed by atoms with van der Waals surface area (Å²) in [6.45, 7) is 11.9. The maximum atomic E-state index is 12.5. The fourth-order valence-corrected chi connectivity index (χ4v) is 6.32. The van der Waals surface area contributed by atoms with Crippen molar-refractivity contribution in [2.24, 2.45) is 11.8 Å². The quantitative estimate of drug-likeness (QED) is 0.355. The highest BCUT2D eigenvalue weighted by Crippen LogP contribution is 2.39. The third kappa shape index (κ3) is 8.88. The van der Waals surface area contributed by atoms with Gasteiger partial charge in [0, 0.05) is 23.3 Å². The third-order valence-corrected chi connectivity index (χ3v) is 8.50. The SMILES string of the molecule is C1CCCCC1.CC.CCC(CC)C(=O)Nc1sc2c(c1C#N)CCC(N(C=O)C(CO)C(C)C)C2. The molecule has 2 unspecified atom stereocenters. The Balaban J connectivity index is 0.000000694. The van der Waals surface area contributed by atoms with Crippen molar-refractivity contribution in [3.63, 3.8) is 0 Å². The van der Waals surface area contributed by atoms with Crippen molar-refractivity contribution in [1.29, 1.82) is 5.26 Å². The van der Waals surface area contributed by atoms with Gasteiger partial charge >= 0.3 is 0 Å². The maximum absolute atomic E-state index is 12.5. The summed E-state index contributed by atoms with van der Waals surface area (Å²) in [5.41, 5.74) is 1.57. The second-order valence-corrected chi connectivity index (χ2v) is 11.0. The van der Waals surface area contributed by atoms with Crippen LogP contribution in [0.1, 0.15) is 115 Å². The van der Waals surface area contributed by atoms with Gasteiger partial charge in [-0.05, 0) is 37.2 Å². The minimum Gasteiger partial charge on any atom is -0.394 e. The summed E-state index contributed by atoms with van der Waals surface area (Å²) < 4.78 is 0. The van der Waals surface area contributed by atoms with Gasteiger partial charge in [-0.2, -0.15) is 5.26 Å². The van der Waals surface area contributed by atoms with Crippen molar-refractivity contribution in [2.45, 2.75) is 124 Å². The minimum absolute atomic E-state index is 0.00248. The third-order valence-electron chi connectivity index (χ3n) is 7.33. The molecule has 1 heterocycles. The Labute approximate surface area is 223 Å². The van der Waals surface area contributed by atoms with Gasteiger partial charge in [0.25, 0.3) is 0 Å². The molecule has 1 fully saturated rings. The van der Waals surface area contributed by atoms with Gasteiger partial charge < -0.3 is 15.3 Å². The van der Waals surface area contributed by atoms with Crippen LogP contribution >= 0.6 is 11.3 Å². The monoisotopic (exact) mass is 519 g/mol. The molecule has 0 bridgehead atoms. The highest BCUT2D eigenvalue weighted by molar-refractivity contribution is 7.16. The minimum atomic E-state index is -0.214. The zero-order valence-corrected chi connectivity index (χ0v) is 24.3. The lowest BCUT2D eigenvalue weighted by Crippen LogP contribution is -2.48. The molecule has 204 valence electrons. The molecule has 1 aromatic heterocycles. The van der Waals surface area contributed by atoms with E-state index >= 15 is 0 Å². The fraction of sp³-hybridized carbons (Fsp3) is 0.759. The Morgan fingerprint density at radius 3 is 2.14 bits per heavy atom. The predicted molar refractivity (Wildman–Crippen MR) is 150 cm³/mol. The highest BCUT2D eigenvalue weighted by Gasteiger charge is 2.33. The number of nitrogens with zero attached hydrogens (tertiary/aromatic N) is 2. The molecule has 0 saturated heterocycles. The normalized spacial score (nSPS) is 17.5. The molecule has 2 aliphatic rings. The number of carbonyl (C=O) groups is 2. The molecule has 2 N–H and O–H groups in total. The Morgan fingerprint density at radius 2 is 1.72 bits per heavy atom. The van der Waals surface area contributed by atoms with Gasteiger partial charge in [-0.25, -0.2) is 0 Å². The van der Waals surface area contributed by atoms with Gasteiger partial charge in [0.2, 0.25) is 12.3 Å². The first-order chi connectivity index (χ1) is 17.4. The van der Waals surface area contributed by atoms with E-state index in [1.54, 1.807) is 4.90 Å². The summed E-state index contributed by atoms with van der Waals surface area (Å²) in [6, 6.07) is 2.05. The van der Waals surface area contributed by atoms with Crippen molar-refractivity contribution < 1.29 is 14.7 Å². The number of rotatable bonds is 9. The first kappa shape index (κ1) is 32.1. The van der Waals surface area contributed by atoms with Crippen LogP contribution < -0.4 is 5.32 Å². The largest absolute Gasteiger partial charge is 0.394 e. The molecule has 6 nitrogen and oxygen atoms in total. The number of hydrogen-bond donors (Lipinski definition) is 2. The topological polar surface area (TPSA) is 93.4 Å². The number of aliphatic hydroxyl groups is 1. The molecule has 0 aromatic carbocycles. The molecule has 0 radical (unpaired) electrons. The van der Waals surface area contributed by atoms with Crippen LogP contribution in [-0.4, -0.2) is 41.0 Å². The Kier molecular flexibility index (Phi) is 15.6. The average molecular weight is 520 g/mol. The standard InChI is InChI=1S/C21H31N3O3S.C6H12.C2H6/c1-5-14(6-2)20(27)23-21-17(10-22)16-8-7-15(9-19(16)28-21)24(12-26)18(11-25)13(3)4;1-2-4-6-5-3-1;1-2/h12-15,18,25H,5-9,11H2,1-4H3,(H,23,27);1-6H2;1-2H3. The van der Waals surface area contributed by atoms with Crippen LogP contribution in [0.3, 0.4) is 0 Å². The number of hydrogen-bond acceptors (Lipinski definition) is 5. The van der Waals surface area contributed by atoms with Crippen LogP contribution in [0.2, 0.25) is 0 Å². The Hall–Kier alpha value is -1.91. The number of amides is 2. The van der Waals surface area contributed by atoms with Gasteiger partial charge in [-0.15, -0.1) is 11.3 Å². The lowest BCUT2D eigenvalue weighted by molar-refractivity contribution is -0.125. The van der Waals surface area contributed by atoms with Crippen molar-refractivity contribution in [2.75, 3.05) is 11.9 Å². The van der Waals surface area contributed by atoms with Crippen molar-refractivity contribution in [1.82, 2.24) is 4.90 Å². The number of nitriles is 1. The molecular formula is C29H49N3O3S. The van der Waals surface area contributed by atoms with Crippen molar-refractivity contribution in [3.8, 4) is 6.07 Å². The molecule has 2 atom stereocenters. The lowest BCUT2D eigenvalue weighted by atomic mass is 9.89. The molecule has 0 spiro atoms. The first-order valence-corrected chi connectivity index (χ1v) is 14.9. The number of fused-ring (bicyclic) bond motifs is 1. The zero-order valence-electron chi connectivity index (χ0n) is 23.4. The molecular weight excluding hydrogens is 470 g/mol. The summed E-state index contributed by atoms with van der Waals surface area (Å²) in [4.78, 5) is 27.0. The number of thiophene rings is 1. The van der Waals surface area contributed by atoms with Gasteiger partial charge in [0.15, 0.2) is 0 Å². The zero-order chi connectivity index (χ0) is 27.1. The second-order valence-electron chi connectivity index (χ2n) is 9.89. The van der Waals surface area contributed by atoms with E-state index in [4.69, 9.17) is 0 Å². The van der Waals surface area contributed by atoms with Gasteiger partial charge in [-0.3, -0.25) is 9.59 Å². The summed E-state index contributed by atoms with van der Waals surface area (Å²) in [5.74, 6) is 0.0659. The van der Waals surface area contributed by atoms with Gasteiger partial charge in [0.1, 0.15) is 11.1 Å². The van der Waals surface area contributed by atoms with Crippen LogP contribution in [0.25, 0.3) is 0 Å². The fourth-order valence-electron chi connectivity index (χ4n) is 5.05. The first-order valence-electron chi connectivity index (χ1n) is 14.1. The van der Waals surface area contributed by atoms with Crippen molar-refractivity contribution >= 4 is 28.7 Å². The number of anilines is 1. The number of carbonyl (C=O) groups excluding carboxylic acids is 2. The van der Waals surface area contributed by atoms with Crippen LogP contribution in [0.4, 0.5) is 5.00 Å². The predicted octanol–water partition coefficient (Wildman–Crippen LogP) is 6.69. The summed E-state index contributed by atoms with van der Waals surface area (Å²) >= 11 is 1.45. The van der Waals surface area contributed by atoms with E-state index in [0.717, 1.165) is 36.1 Å². The highest BCUT2D eigenvalue weighted by atomic mass is 32.1. The van der Waals surface area contributed by atoms with Crippen LogP contribution in [0, 0.1) is 23.2 Å². The maximum Gasteiger partial charge on any atom is 0.228 e. The van der Waals surface area contributed by atoms with Crippen LogP contribution in [0.5, 0.6) is 0 Å². The van der Waals surface area contributed by atoms with E-state index in [2.05, 4.69) is 11.4 Å². The number of nitrogens with one attached hydrogen (secondary N) is 1. The molecule has 2 aliphatic carbocycles. The van der Waals surface area contributed by atoms with E-state index in [-0.39, 0.29) is 36.4 Å². The van der Waals surface area contributed by atoms with E-state index in [0.29, 0.717) is 23.4 Å². The van der Waals surface area contributed by atoms with E-state index in [9.17, 15) is 20.0 Å². The second kappa shape index (κ2) is 17.5. The summed E-state index contributed by atoms with van der Waals surface area (Å²) in [5, 5.41) is 23.0. The molecule has 7 heteroatoms. The van der Waals surface area contributed by atoms with Crippen LogP contribution in [0.15, 0.2) is 0 Å².